The van der Waals surface area contributed by atoms with Crippen molar-refractivity contribution in [3.63, 3.8) is 0 Å². The second kappa shape index (κ2) is 8.26. The molecule has 0 radical (unpaired) electrons. The minimum atomic E-state index is 0.0120. The van der Waals surface area contributed by atoms with Gasteiger partial charge < -0.3 is 32.3 Å². The van der Waals surface area contributed by atoms with Crippen molar-refractivity contribution in [1.29, 1.82) is 0 Å². The van der Waals surface area contributed by atoms with Crippen molar-refractivity contribution in [2.75, 3.05) is 41.3 Å². The summed E-state index contributed by atoms with van der Waals surface area (Å²) in [6.45, 7) is 3.00. The number of nitrogens with two attached hydrogens (primary N) is 3. The third-order valence-electron chi connectivity index (χ3n) is 5.18. The number of hydrogen-bond acceptors (Lipinski definition) is 9. The Hall–Kier alpha value is -2.49. The molecule has 2 aliphatic rings. The molecular weight excluding hydrogens is 354 g/mol. The van der Waals surface area contributed by atoms with E-state index in [1.807, 2.05) is 30.3 Å². The normalized spacial score (nSPS) is 25.6. The van der Waals surface area contributed by atoms with E-state index in [1.54, 1.807) is 0 Å². The molecule has 2 saturated heterocycles. The van der Waals surface area contributed by atoms with Crippen molar-refractivity contribution in [2.45, 2.75) is 37.4 Å². The van der Waals surface area contributed by atoms with Crippen molar-refractivity contribution in [1.82, 2.24) is 15.0 Å². The maximum Gasteiger partial charge on any atom is 0.233 e. The van der Waals surface area contributed by atoms with Gasteiger partial charge in [-0.1, -0.05) is 18.2 Å². The zero-order chi connectivity index (χ0) is 19.5. The summed E-state index contributed by atoms with van der Waals surface area (Å²) >= 11 is 0. The van der Waals surface area contributed by atoms with Crippen LogP contribution < -0.4 is 32.3 Å². The number of para-hydroxylation sites is 1. The fourth-order valence-corrected chi connectivity index (χ4v) is 3.88. The standard InChI is InChI=1S/C19H29N9/c20-13-5-4-8-27(10-13)18-24-17(23-16-6-2-1-3-7-16)25-19(26-18)28-11-14(21)9-15(22)12-28/h1-3,6-7,13-15H,4-5,8-12,20-22H2,(H,23,24,25,26)/t13-,14-,15+/m0/s1. The molecule has 0 aliphatic carbocycles. The maximum absolute atomic E-state index is 6.18. The van der Waals surface area contributed by atoms with Gasteiger partial charge >= 0.3 is 0 Å². The van der Waals surface area contributed by atoms with Crippen LogP contribution >= 0.6 is 0 Å². The molecule has 0 spiro atoms. The van der Waals surface area contributed by atoms with Crippen LogP contribution in [0.25, 0.3) is 0 Å². The van der Waals surface area contributed by atoms with Crippen LogP contribution in [0, 0.1) is 0 Å². The molecule has 150 valence electrons. The second-order valence-corrected chi connectivity index (χ2v) is 7.76. The first-order valence-electron chi connectivity index (χ1n) is 9.91. The van der Waals surface area contributed by atoms with E-state index in [2.05, 4.69) is 25.1 Å². The molecule has 2 fully saturated rings. The van der Waals surface area contributed by atoms with Gasteiger partial charge in [0.1, 0.15) is 0 Å². The van der Waals surface area contributed by atoms with Crippen molar-refractivity contribution in [3.8, 4) is 0 Å². The van der Waals surface area contributed by atoms with Crippen LogP contribution in [0.3, 0.4) is 0 Å². The zero-order valence-corrected chi connectivity index (χ0v) is 16.0. The van der Waals surface area contributed by atoms with Gasteiger partial charge in [-0.3, -0.25) is 0 Å². The molecule has 9 nitrogen and oxygen atoms in total. The molecule has 3 heterocycles. The molecule has 1 aromatic carbocycles. The lowest BCUT2D eigenvalue weighted by atomic mass is 10.0. The van der Waals surface area contributed by atoms with Crippen molar-refractivity contribution < 1.29 is 0 Å². The van der Waals surface area contributed by atoms with Gasteiger partial charge in [-0.2, -0.15) is 15.0 Å². The van der Waals surface area contributed by atoms with E-state index in [-0.39, 0.29) is 18.1 Å². The van der Waals surface area contributed by atoms with Gasteiger partial charge in [0.05, 0.1) is 0 Å². The number of piperidine rings is 2. The van der Waals surface area contributed by atoms with Crippen LogP contribution in [0.1, 0.15) is 19.3 Å². The highest BCUT2D eigenvalue weighted by atomic mass is 15.4. The van der Waals surface area contributed by atoms with Crippen molar-refractivity contribution in [3.05, 3.63) is 30.3 Å². The first kappa shape index (κ1) is 18.9. The molecule has 2 aliphatic heterocycles. The van der Waals surface area contributed by atoms with E-state index in [0.717, 1.165) is 38.0 Å². The molecular formula is C19H29N9. The molecule has 1 aromatic heterocycles. The minimum absolute atomic E-state index is 0.0120. The average molecular weight is 384 g/mol. The molecule has 0 bridgehead atoms. The maximum atomic E-state index is 6.18. The van der Waals surface area contributed by atoms with Crippen LogP contribution in [0.2, 0.25) is 0 Å². The van der Waals surface area contributed by atoms with E-state index >= 15 is 0 Å². The fourth-order valence-electron chi connectivity index (χ4n) is 3.88. The van der Waals surface area contributed by atoms with E-state index in [9.17, 15) is 0 Å². The van der Waals surface area contributed by atoms with Gasteiger partial charge in [0.2, 0.25) is 17.8 Å². The molecule has 2 aromatic rings. The molecule has 4 rings (SSSR count). The Kier molecular flexibility index (Phi) is 5.56. The van der Waals surface area contributed by atoms with Gasteiger partial charge in [-0.05, 0) is 31.4 Å². The van der Waals surface area contributed by atoms with Gasteiger partial charge in [-0.25, -0.2) is 0 Å². The van der Waals surface area contributed by atoms with E-state index in [1.165, 1.54) is 0 Å². The Labute approximate surface area is 165 Å². The van der Waals surface area contributed by atoms with E-state index in [0.29, 0.717) is 30.9 Å². The highest BCUT2D eigenvalue weighted by Crippen LogP contribution is 2.23. The summed E-state index contributed by atoms with van der Waals surface area (Å²) < 4.78 is 0. The second-order valence-electron chi connectivity index (χ2n) is 7.76. The zero-order valence-electron chi connectivity index (χ0n) is 16.0. The first-order valence-corrected chi connectivity index (χ1v) is 9.91. The smallest absolute Gasteiger partial charge is 0.233 e. The Bertz CT molecular complexity index is 774. The van der Waals surface area contributed by atoms with Crippen LogP contribution in [-0.2, 0) is 0 Å². The molecule has 0 unspecified atom stereocenters. The van der Waals surface area contributed by atoms with Crippen LogP contribution in [0.15, 0.2) is 30.3 Å². The lowest BCUT2D eigenvalue weighted by Gasteiger charge is -2.35. The quantitative estimate of drug-likeness (QED) is 0.592. The molecule has 28 heavy (non-hydrogen) atoms. The SMILES string of the molecule is N[C@@H]1C[C@H](N)CN(c2nc(Nc3ccccc3)nc(N3CCC[C@H](N)C3)n2)C1. The number of nitrogens with zero attached hydrogens (tertiary/aromatic N) is 5. The molecule has 0 saturated carbocycles. The topological polar surface area (TPSA) is 135 Å². The fraction of sp³-hybridized carbons (Fsp3) is 0.526. The summed E-state index contributed by atoms with van der Waals surface area (Å²) in [5.74, 6) is 1.76. The summed E-state index contributed by atoms with van der Waals surface area (Å²) in [6.07, 6.45) is 2.87. The number of anilines is 4. The van der Waals surface area contributed by atoms with E-state index < -0.39 is 0 Å². The Balaban J connectivity index is 1.66. The Morgan fingerprint density at radius 3 is 2.14 bits per heavy atom. The predicted molar refractivity (Wildman–Crippen MR) is 112 cm³/mol. The van der Waals surface area contributed by atoms with Crippen molar-refractivity contribution in [2.24, 2.45) is 17.2 Å². The third-order valence-corrected chi connectivity index (χ3v) is 5.18. The van der Waals surface area contributed by atoms with Crippen LogP contribution in [-0.4, -0.2) is 59.3 Å². The van der Waals surface area contributed by atoms with Gasteiger partial charge in [0.15, 0.2) is 0 Å². The number of nitrogens with one attached hydrogen (secondary N) is 1. The summed E-state index contributed by atoms with van der Waals surface area (Å²) in [5.41, 5.74) is 19.4. The molecule has 7 N–H and O–H groups in total. The highest BCUT2D eigenvalue weighted by Gasteiger charge is 2.27. The lowest BCUT2D eigenvalue weighted by molar-refractivity contribution is 0.446. The molecule has 3 atom stereocenters. The lowest BCUT2D eigenvalue weighted by Crippen LogP contribution is -2.53. The van der Waals surface area contributed by atoms with Gasteiger partial charge in [-0.15, -0.1) is 0 Å². The number of benzene rings is 1. The monoisotopic (exact) mass is 383 g/mol. The van der Waals surface area contributed by atoms with Crippen LogP contribution in [0.5, 0.6) is 0 Å². The van der Waals surface area contributed by atoms with Crippen LogP contribution in [0.4, 0.5) is 23.5 Å². The van der Waals surface area contributed by atoms with Gasteiger partial charge in [0.25, 0.3) is 0 Å². The first-order chi connectivity index (χ1) is 13.6. The summed E-state index contributed by atoms with van der Waals surface area (Å²) in [5, 5.41) is 3.29. The number of rotatable bonds is 4. The molecule has 9 heteroatoms. The predicted octanol–water partition coefficient (Wildman–Crippen LogP) is 0.407. The number of aromatic nitrogens is 3. The Morgan fingerprint density at radius 2 is 1.46 bits per heavy atom. The number of hydrogen-bond donors (Lipinski definition) is 4. The summed E-state index contributed by atoms with van der Waals surface area (Å²) in [7, 11) is 0. The Morgan fingerprint density at radius 1 is 0.821 bits per heavy atom. The largest absolute Gasteiger partial charge is 0.339 e. The van der Waals surface area contributed by atoms with Gasteiger partial charge in [0, 0.05) is 50.0 Å². The minimum Gasteiger partial charge on any atom is -0.339 e. The van der Waals surface area contributed by atoms with Crippen molar-refractivity contribution >= 4 is 23.5 Å². The summed E-state index contributed by atoms with van der Waals surface area (Å²) in [6, 6.07) is 10.0. The highest BCUT2D eigenvalue weighted by molar-refractivity contribution is 5.56. The third kappa shape index (κ3) is 4.49. The summed E-state index contributed by atoms with van der Waals surface area (Å²) in [4.78, 5) is 18.3. The average Bonchev–Trinajstić information content (AvgIpc) is 2.68. The molecule has 0 amide bonds. The van der Waals surface area contributed by atoms with E-state index in [4.69, 9.17) is 22.2 Å².